The van der Waals surface area contributed by atoms with Gasteiger partial charge in [-0.15, -0.1) is 0 Å². The number of sulfonamides is 1. The molecule has 3 rings (SSSR count). The predicted octanol–water partition coefficient (Wildman–Crippen LogP) is 3.07. The minimum atomic E-state index is -3.54. The fraction of sp³-hybridized carbons (Fsp3) is 0.381. The van der Waals surface area contributed by atoms with E-state index in [2.05, 4.69) is 4.72 Å². The molecule has 2 aromatic rings. The third-order valence-corrected chi connectivity index (χ3v) is 5.76. The number of carbonyl (C=O) groups is 1. The number of likely N-dealkylation sites (tertiary alicyclic amines) is 1. The fourth-order valence-electron chi connectivity index (χ4n) is 3.77. The number of halogens is 2. The average molecular weight is 422 g/mol. The number of hydrogen-bond acceptors (Lipinski definition) is 3. The van der Waals surface area contributed by atoms with Crippen LogP contribution < -0.4 is 4.72 Å². The maximum Gasteiger partial charge on any atom is 0.322 e. The van der Waals surface area contributed by atoms with Crippen molar-refractivity contribution in [2.75, 3.05) is 12.8 Å². The number of amides is 1. The van der Waals surface area contributed by atoms with Crippen LogP contribution >= 0.6 is 0 Å². The summed E-state index contributed by atoms with van der Waals surface area (Å²) in [6.07, 6.45) is 1.59. The topological polar surface area (TPSA) is 66.5 Å². The van der Waals surface area contributed by atoms with E-state index in [0.29, 0.717) is 6.92 Å². The molecule has 29 heavy (non-hydrogen) atoms. The molecular formula is C21H24F2N2O3S. The number of nitrogens with one attached hydrogen (secondary N) is 1. The summed E-state index contributed by atoms with van der Waals surface area (Å²) in [5.74, 6) is -4.79. The first-order valence-corrected chi connectivity index (χ1v) is 11.2. The third kappa shape index (κ3) is 5.39. The molecule has 2 atom stereocenters. The number of alkyl halides is 2. The van der Waals surface area contributed by atoms with E-state index >= 15 is 0 Å². The summed E-state index contributed by atoms with van der Waals surface area (Å²) in [4.78, 5) is 13.4. The van der Waals surface area contributed by atoms with Gasteiger partial charge in [-0.1, -0.05) is 54.6 Å². The summed E-state index contributed by atoms with van der Waals surface area (Å²) in [6.45, 7) is 0.651. The van der Waals surface area contributed by atoms with Gasteiger partial charge < -0.3 is 4.90 Å². The van der Waals surface area contributed by atoms with Gasteiger partial charge in [0.05, 0.1) is 12.3 Å². The lowest BCUT2D eigenvalue weighted by atomic mass is 9.97. The van der Waals surface area contributed by atoms with Gasteiger partial charge in [0.1, 0.15) is 0 Å². The number of nitrogens with zero attached hydrogens (tertiary/aromatic N) is 1. The molecule has 1 heterocycles. The molecule has 0 spiro atoms. The molecule has 1 amide bonds. The van der Waals surface area contributed by atoms with Crippen molar-refractivity contribution >= 4 is 15.9 Å². The van der Waals surface area contributed by atoms with E-state index in [1.165, 1.54) is 0 Å². The number of benzene rings is 2. The van der Waals surface area contributed by atoms with E-state index in [0.717, 1.165) is 27.8 Å². The summed E-state index contributed by atoms with van der Waals surface area (Å²) in [5.41, 5.74) is 2.82. The molecule has 1 fully saturated rings. The van der Waals surface area contributed by atoms with Crippen LogP contribution in [0.4, 0.5) is 8.78 Å². The highest BCUT2D eigenvalue weighted by Gasteiger charge is 2.45. The summed E-state index contributed by atoms with van der Waals surface area (Å²) in [7, 11) is -3.54. The van der Waals surface area contributed by atoms with Crippen molar-refractivity contribution in [1.82, 2.24) is 9.62 Å². The Morgan fingerprint density at radius 3 is 2.41 bits per heavy atom. The summed E-state index contributed by atoms with van der Waals surface area (Å²) >= 11 is 0. The van der Waals surface area contributed by atoms with Gasteiger partial charge in [0, 0.05) is 19.5 Å². The smallest absolute Gasteiger partial charge is 0.322 e. The normalized spacial score (nSPS) is 20.1. The fourth-order valence-corrected chi connectivity index (χ4v) is 4.60. The SMILES string of the molecule is CC(F)(F)C(=O)N1CCC(NS(C)(=O)=O)C1Cc1cccc(-c2ccccc2)c1. The molecule has 156 valence electrons. The second-order valence-electron chi connectivity index (χ2n) is 7.51. The number of carbonyl (C=O) groups excluding carboxylic acids is 1. The quantitative estimate of drug-likeness (QED) is 0.778. The highest BCUT2D eigenvalue weighted by molar-refractivity contribution is 7.88. The summed E-state index contributed by atoms with van der Waals surface area (Å²) < 4.78 is 53.4. The lowest BCUT2D eigenvalue weighted by Gasteiger charge is -2.30. The lowest BCUT2D eigenvalue weighted by Crippen LogP contribution is -2.51. The van der Waals surface area contributed by atoms with Crippen LogP contribution in [0, 0.1) is 0 Å². The zero-order chi connectivity index (χ0) is 21.2. The standard InChI is InChI=1S/C21H24F2N2O3S/c1-21(22,23)20(26)25-12-11-18(24-29(2,27)28)19(25)14-15-7-6-10-17(13-15)16-8-4-3-5-9-16/h3-10,13,18-19,24H,11-12,14H2,1-2H3. The third-order valence-electron chi connectivity index (χ3n) is 5.03. The van der Waals surface area contributed by atoms with Crippen LogP contribution in [0.25, 0.3) is 11.1 Å². The Labute approximate surface area is 169 Å². The highest BCUT2D eigenvalue weighted by Crippen LogP contribution is 2.29. The van der Waals surface area contributed by atoms with Crippen molar-refractivity contribution in [3.05, 3.63) is 60.2 Å². The van der Waals surface area contributed by atoms with Crippen molar-refractivity contribution in [3.8, 4) is 11.1 Å². The highest BCUT2D eigenvalue weighted by atomic mass is 32.2. The van der Waals surface area contributed by atoms with Gasteiger partial charge in [-0.25, -0.2) is 13.1 Å². The molecule has 2 aromatic carbocycles. The molecule has 0 aliphatic carbocycles. The Morgan fingerprint density at radius 1 is 1.14 bits per heavy atom. The van der Waals surface area contributed by atoms with Gasteiger partial charge in [0.2, 0.25) is 10.0 Å². The maximum atomic E-state index is 13.7. The van der Waals surface area contributed by atoms with Gasteiger partial charge >= 0.3 is 5.92 Å². The molecule has 2 unspecified atom stereocenters. The van der Waals surface area contributed by atoms with E-state index in [1.54, 1.807) is 0 Å². The van der Waals surface area contributed by atoms with E-state index in [-0.39, 0.29) is 19.4 Å². The molecule has 0 radical (unpaired) electrons. The molecule has 8 heteroatoms. The Morgan fingerprint density at radius 2 is 1.79 bits per heavy atom. The van der Waals surface area contributed by atoms with Crippen LogP contribution in [0.3, 0.4) is 0 Å². The number of rotatable bonds is 6. The molecule has 0 bridgehead atoms. The van der Waals surface area contributed by atoms with Crippen LogP contribution in [0.5, 0.6) is 0 Å². The van der Waals surface area contributed by atoms with Gasteiger partial charge in [-0.2, -0.15) is 8.78 Å². The van der Waals surface area contributed by atoms with Crippen molar-refractivity contribution < 1.29 is 22.0 Å². The lowest BCUT2D eigenvalue weighted by molar-refractivity contribution is -0.155. The average Bonchev–Trinajstić information content (AvgIpc) is 3.01. The van der Waals surface area contributed by atoms with E-state index in [4.69, 9.17) is 0 Å². The summed E-state index contributed by atoms with van der Waals surface area (Å²) in [5, 5.41) is 0. The van der Waals surface area contributed by atoms with Gasteiger partial charge in [0.15, 0.2) is 0 Å². The van der Waals surface area contributed by atoms with E-state index in [9.17, 15) is 22.0 Å². The minimum Gasteiger partial charge on any atom is -0.333 e. The van der Waals surface area contributed by atoms with Gasteiger partial charge in [-0.05, 0) is 29.5 Å². The van der Waals surface area contributed by atoms with Crippen LogP contribution in [0.1, 0.15) is 18.9 Å². The van der Waals surface area contributed by atoms with E-state index < -0.39 is 33.9 Å². The maximum absolute atomic E-state index is 13.7. The van der Waals surface area contributed by atoms with Crippen LogP contribution in [-0.4, -0.2) is 50.0 Å². The Balaban J connectivity index is 1.90. The number of hydrogen-bond donors (Lipinski definition) is 1. The molecule has 1 N–H and O–H groups in total. The molecule has 0 saturated carbocycles. The second kappa shape index (κ2) is 8.20. The predicted molar refractivity (Wildman–Crippen MR) is 108 cm³/mol. The molecule has 1 aliphatic heterocycles. The second-order valence-corrected chi connectivity index (χ2v) is 9.29. The van der Waals surface area contributed by atoms with Gasteiger partial charge in [-0.3, -0.25) is 4.79 Å². The first-order chi connectivity index (χ1) is 13.5. The summed E-state index contributed by atoms with van der Waals surface area (Å²) in [6, 6.07) is 16.0. The van der Waals surface area contributed by atoms with Crippen molar-refractivity contribution in [2.45, 2.75) is 37.8 Å². The molecular weight excluding hydrogens is 398 g/mol. The van der Waals surface area contributed by atoms with E-state index in [1.807, 2.05) is 54.6 Å². The van der Waals surface area contributed by atoms with Crippen LogP contribution in [0.2, 0.25) is 0 Å². The molecule has 1 saturated heterocycles. The van der Waals surface area contributed by atoms with Crippen molar-refractivity contribution in [3.63, 3.8) is 0 Å². The monoisotopic (exact) mass is 422 g/mol. The largest absolute Gasteiger partial charge is 0.333 e. The Kier molecular flexibility index (Phi) is 6.05. The minimum absolute atomic E-state index is 0.0818. The van der Waals surface area contributed by atoms with Crippen molar-refractivity contribution in [2.24, 2.45) is 0 Å². The van der Waals surface area contributed by atoms with Crippen LogP contribution in [-0.2, 0) is 21.2 Å². The zero-order valence-corrected chi connectivity index (χ0v) is 17.1. The first kappa shape index (κ1) is 21.4. The van der Waals surface area contributed by atoms with Gasteiger partial charge in [0.25, 0.3) is 5.91 Å². The Bertz CT molecular complexity index is 975. The Hall–Kier alpha value is -2.32. The zero-order valence-electron chi connectivity index (χ0n) is 16.3. The first-order valence-electron chi connectivity index (χ1n) is 9.35. The molecule has 0 aromatic heterocycles. The van der Waals surface area contributed by atoms with Crippen LogP contribution in [0.15, 0.2) is 54.6 Å². The molecule has 1 aliphatic rings. The molecule has 5 nitrogen and oxygen atoms in total. The van der Waals surface area contributed by atoms with Crippen molar-refractivity contribution in [1.29, 1.82) is 0 Å².